The zero-order chi connectivity index (χ0) is 31.6. The molecular weight excluding hydrogens is 917 g/mol. The van der Waals surface area contributed by atoms with Crippen molar-refractivity contribution in [3.05, 3.63) is 101 Å². The molecule has 4 N–H and O–H groups in total. The minimum atomic E-state index is -11.2. The van der Waals surface area contributed by atoms with Crippen LogP contribution in [0.5, 0.6) is 0 Å². The predicted octanol–water partition coefficient (Wildman–Crippen LogP) is 6.75. The van der Waals surface area contributed by atoms with E-state index in [4.69, 9.17) is 19.5 Å². The van der Waals surface area contributed by atoms with Gasteiger partial charge in [-0.1, -0.05) is 66.7 Å². The third-order valence-corrected chi connectivity index (χ3v) is 4.86. The van der Waals surface area contributed by atoms with Crippen molar-refractivity contribution in [3.63, 3.8) is 0 Å². The summed E-state index contributed by atoms with van der Waals surface area (Å²) >= 11 is -22.5. The fourth-order valence-corrected chi connectivity index (χ4v) is 3.39. The van der Waals surface area contributed by atoms with Gasteiger partial charge in [0, 0.05) is 0 Å². The van der Waals surface area contributed by atoms with E-state index in [1.54, 1.807) is 0 Å². The molecule has 45 heavy (non-hydrogen) atoms. The van der Waals surface area contributed by atoms with Crippen molar-refractivity contribution in [2.45, 2.75) is 12.1 Å². The van der Waals surface area contributed by atoms with Crippen LogP contribution in [0.25, 0.3) is 0 Å². The van der Waals surface area contributed by atoms with E-state index in [-0.39, 0.29) is 40.1 Å². The summed E-state index contributed by atoms with van der Waals surface area (Å²) in [5.41, 5.74) is 3.68. The van der Waals surface area contributed by atoms with E-state index in [0.717, 1.165) is 11.1 Å². The van der Waals surface area contributed by atoms with E-state index < -0.39 is 39.0 Å². The smallest absolute Gasteiger partial charge is 0.236 e. The molecule has 2 aliphatic rings. The average Bonchev–Trinajstić information content (AvgIpc) is 3.52. The van der Waals surface area contributed by atoms with E-state index in [0.29, 0.717) is 36.4 Å². The Labute approximate surface area is 262 Å². The molecule has 1 radical (unpaired) electrons. The Morgan fingerprint density at radius 2 is 0.778 bits per heavy atom. The number of hydrogen-bond donors (Lipinski definition) is 0. The normalized spacial score (nSPS) is 20.2. The monoisotopic (exact) mass is 938 g/mol. The maximum atomic E-state index is 9.93. The second-order valence-electron chi connectivity index (χ2n) is 8.67. The van der Waals surface area contributed by atoms with Gasteiger partial charge in [-0.3, -0.25) is 0 Å². The Bertz CT molecular complexity index is 1350. The number of halogens is 12. The largest absolute Gasteiger partial charge is 0.474 e. The van der Waals surface area contributed by atoms with Gasteiger partial charge in [0.25, 0.3) is 0 Å². The third-order valence-electron chi connectivity index (χ3n) is 4.86. The predicted molar refractivity (Wildman–Crippen MR) is 140 cm³/mol. The number of nitrogens with zero attached hydrogens (tertiary/aromatic N) is 3. The van der Waals surface area contributed by atoms with E-state index in [9.17, 15) is 33.8 Å². The molecule has 0 saturated heterocycles. The van der Waals surface area contributed by atoms with Gasteiger partial charge in [0.1, 0.15) is 36.7 Å². The van der Waals surface area contributed by atoms with Crippen molar-refractivity contribution in [1.82, 2.24) is 4.98 Å². The molecule has 2 aromatic carbocycles. The maximum Gasteiger partial charge on any atom is 0.236 e. The SMILES string of the molecule is O.O.[Cu+2].[F][Sb-]([F])([F])([F])([F])[F].[F][Sb-]([F])([F])([F])([F])[F].c1ccc([C@H]2COC(c3cccc(C4=N[C@@H](c5ccccc5)CO4)n3)=N2)cc1. The average molecular weight is 940 g/mol. The maximum absolute atomic E-state index is 11.2. The third kappa shape index (κ3) is 19.8. The van der Waals surface area contributed by atoms with Gasteiger partial charge in [-0.25, -0.2) is 15.0 Å². The summed E-state index contributed by atoms with van der Waals surface area (Å²) in [7, 11) is 0. The number of aromatic nitrogens is 1. The van der Waals surface area contributed by atoms with Gasteiger partial charge in [0.05, 0.1) is 0 Å². The van der Waals surface area contributed by atoms with Crippen LogP contribution in [0.15, 0.2) is 88.8 Å². The van der Waals surface area contributed by atoms with Crippen molar-refractivity contribution in [2.24, 2.45) is 9.98 Å². The summed E-state index contributed by atoms with van der Waals surface area (Å²) in [5.74, 6) is 1.13. The molecule has 0 bridgehead atoms. The van der Waals surface area contributed by atoms with Crippen molar-refractivity contribution in [1.29, 1.82) is 0 Å². The number of ether oxygens (including phenoxy) is 2. The molecule has 7 nitrogen and oxygen atoms in total. The van der Waals surface area contributed by atoms with Gasteiger partial charge in [0.2, 0.25) is 11.8 Å². The second kappa shape index (κ2) is 13.5. The van der Waals surface area contributed by atoms with Crippen LogP contribution in [-0.4, -0.2) is 79.9 Å². The first-order valence-electron chi connectivity index (χ1n) is 11.4. The van der Waals surface area contributed by atoms with E-state index in [1.807, 2.05) is 54.6 Å². The minimum Gasteiger partial charge on any atom is -0.474 e. The molecule has 3 aromatic rings. The second-order valence-corrected chi connectivity index (χ2v) is 19.6. The molecular formula is C23H23CuF12N3O4Sb2. The Hall–Kier alpha value is -2.23. The van der Waals surface area contributed by atoms with Gasteiger partial charge in [0.15, 0.2) is 0 Å². The Kier molecular flexibility index (Phi) is 12.8. The number of pyridine rings is 1. The summed E-state index contributed by atoms with van der Waals surface area (Å²) in [6.07, 6.45) is 0. The van der Waals surface area contributed by atoms with Gasteiger partial charge >= 0.3 is 89.8 Å². The number of hydrogen-bond acceptors (Lipinski definition) is 5. The van der Waals surface area contributed by atoms with Gasteiger partial charge in [-0.15, -0.1) is 0 Å². The van der Waals surface area contributed by atoms with E-state index in [1.165, 1.54) is 0 Å². The van der Waals surface area contributed by atoms with Crippen LogP contribution < -0.4 is 0 Å². The Morgan fingerprint density at radius 3 is 1.07 bits per heavy atom. The summed E-state index contributed by atoms with van der Waals surface area (Å²) < 4.78 is 131. The zero-order valence-corrected chi connectivity index (χ0v) is 28.0. The summed E-state index contributed by atoms with van der Waals surface area (Å²) in [4.78, 5) is 14.1. The van der Waals surface area contributed by atoms with Crippen LogP contribution in [0.4, 0.5) is 33.8 Å². The Morgan fingerprint density at radius 1 is 0.489 bits per heavy atom. The van der Waals surface area contributed by atoms with Gasteiger partial charge in [-0.2, -0.15) is 0 Å². The summed E-state index contributed by atoms with van der Waals surface area (Å²) in [6.45, 7) is 1.05. The van der Waals surface area contributed by atoms with Gasteiger partial charge in [-0.05, 0) is 23.3 Å². The van der Waals surface area contributed by atoms with Gasteiger partial charge < -0.3 is 20.4 Å². The fraction of sp³-hybridized carbons (Fsp3) is 0.174. The van der Waals surface area contributed by atoms with Crippen LogP contribution in [0.3, 0.4) is 0 Å². The fourth-order valence-electron chi connectivity index (χ4n) is 3.39. The standard InChI is InChI=1S/C23H19N3O2.Cu.12FH.2H2O.2Sb/c1-3-8-16(9-4-1)20-14-27-22(25-20)18-12-7-13-19(24-18)23-26-21(15-28-23)17-10-5-2-6-11-17;;;;;;;;;;;;;;;;;/h1-13,20-21H,14-15H2;;12*1H;2*1H2;;/q;+2;;;;;;;;;;;;;;;2*+5/p-12/t20-,21-;;;;;;;;;;;;;;;;;/m1................./s1. The zero-order valence-electron chi connectivity index (χ0n) is 22.0. The van der Waals surface area contributed by atoms with Crippen LogP contribution in [0, 0.1) is 0 Å². The van der Waals surface area contributed by atoms with Crippen molar-refractivity contribution in [2.75, 3.05) is 13.2 Å². The molecule has 0 aliphatic carbocycles. The molecule has 259 valence electrons. The van der Waals surface area contributed by atoms with Crippen molar-refractivity contribution in [3.8, 4) is 0 Å². The molecule has 0 fully saturated rings. The van der Waals surface area contributed by atoms with Crippen LogP contribution in [0.2, 0.25) is 0 Å². The van der Waals surface area contributed by atoms with Crippen LogP contribution >= 0.6 is 0 Å². The Balaban J connectivity index is 0.000000967. The number of rotatable bonds is 4. The topological polar surface area (TPSA) is 119 Å². The first kappa shape index (κ1) is 42.8. The van der Waals surface area contributed by atoms with Crippen molar-refractivity contribution >= 4 is 50.7 Å². The molecule has 0 spiro atoms. The molecule has 2 aliphatic heterocycles. The molecule has 0 amide bonds. The molecule has 2 atom stereocenters. The molecule has 1 aromatic heterocycles. The van der Waals surface area contributed by atoms with Crippen LogP contribution in [-0.2, 0) is 26.5 Å². The summed E-state index contributed by atoms with van der Waals surface area (Å²) in [6, 6.07) is 26.1. The van der Waals surface area contributed by atoms with Crippen molar-refractivity contribution < 1.29 is 71.3 Å². The first-order chi connectivity index (χ1) is 18.8. The van der Waals surface area contributed by atoms with E-state index in [2.05, 4.69) is 29.2 Å². The summed E-state index contributed by atoms with van der Waals surface area (Å²) in [5, 5.41) is 0. The minimum absolute atomic E-state index is 0. The molecule has 22 heteroatoms. The quantitative estimate of drug-likeness (QED) is 0.213. The number of aliphatic imine (C=N–C) groups is 2. The first-order valence-corrected chi connectivity index (χ1v) is 23.0. The number of benzene rings is 2. The molecule has 0 saturated carbocycles. The van der Waals surface area contributed by atoms with E-state index >= 15 is 0 Å². The molecule has 5 rings (SSSR count). The molecule has 0 unspecified atom stereocenters. The van der Waals surface area contributed by atoms with Crippen LogP contribution in [0.1, 0.15) is 34.6 Å². The molecule has 3 heterocycles.